The molecule has 1 aromatic carbocycles. The zero-order valence-corrected chi connectivity index (χ0v) is 13.7. The molecule has 9 nitrogen and oxygen atoms in total. The summed E-state index contributed by atoms with van der Waals surface area (Å²) < 4.78 is 35.2. The maximum Gasteiger partial charge on any atom is 0.408 e. The zero-order chi connectivity index (χ0) is 18.9. The summed E-state index contributed by atoms with van der Waals surface area (Å²) >= 11 is 0. The van der Waals surface area contributed by atoms with Crippen LogP contribution in [0.4, 0.5) is 4.79 Å². The molecular weight excluding hydrogens is 340 g/mol. The average Bonchev–Trinajstić information content (AvgIpc) is 2.51. The molecule has 0 heterocycles. The highest BCUT2D eigenvalue weighted by Gasteiger charge is 2.25. The molecule has 0 aliphatic rings. The molecule has 10 heteroatoms. The van der Waals surface area contributed by atoms with Gasteiger partial charge >= 0.3 is 6.09 Å². The van der Waals surface area contributed by atoms with E-state index >= 15 is 0 Å². The fraction of sp³-hybridized carbons (Fsp3) is 0.357. The van der Waals surface area contributed by atoms with Gasteiger partial charge in [-0.25, -0.2) is 13.2 Å². The van der Waals surface area contributed by atoms with E-state index in [1.54, 1.807) is 35.1 Å². The molecule has 3 N–H and O–H groups in total. The van der Waals surface area contributed by atoms with Crippen LogP contribution in [0.15, 0.2) is 30.3 Å². The molecule has 132 valence electrons. The maximum atomic E-state index is 11.8. The molecule has 24 heavy (non-hydrogen) atoms. The van der Waals surface area contributed by atoms with Crippen molar-refractivity contribution in [3.63, 3.8) is 0 Å². The summed E-state index contributed by atoms with van der Waals surface area (Å²) in [5.74, 6) is -1.77. The van der Waals surface area contributed by atoms with Crippen molar-refractivity contribution < 1.29 is 32.6 Å². The van der Waals surface area contributed by atoms with Crippen LogP contribution in [0.25, 0.3) is 0 Å². The third-order valence-electron chi connectivity index (χ3n) is 2.72. The minimum absolute atomic E-state index is 0.0575. The van der Waals surface area contributed by atoms with Crippen LogP contribution in [0.3, 0.4) is 0 Å². The summed E-state index contributed by atoms with van der Waals surface area (Å²) in [7, 11) is -3.80. The molecule has 0 fully saturated rings. The predicted octanol–water partition coefficient (Wildman–Crippen LogP) is -0.691. The lowest BCUT2D eigenvalue weighted by Crippen LogP contribution is -2.46. The Bertz CT molecular complexity index is 709. The number of hydrogen-bond donors (Lipinski definition) is 3. The van der Waals surface area contributed by atoms with Gasteiger partial charge in [-0.3, -0.25) is 14.3 Å². The highest BCUT2D eigenvalue weighted by molar-refractivity contribution is 7.89. The number of aliphatic hydroxyl groups excluding tert-OH is 1. The first-order valence-corrected chi connectivity index (χ1v) is 8.69. The lowest BCUT2D eigenvalue weighted by atomic mass is 10.1. The predicted molar refractivity (Wildman–Crippen MR) is 83.2 cm³/mol. The van der Waals surface area contributed by atoms with Gasteiger partial charge < -0.3 is 15.2 Å². The number of amides is 2. The van der Waals surface area contributed by atoms with E-state index in [9.17, 15) is 22.8 Å². The van der Waals surface area contributed by atoms with Gasteiger partial charge in [-0.1, -0.05) is 30.3 Å². The fourth-order valence-corrected chi connectivity index (χ4v) is 2.18. The monoisotopic (exact) mass is 360 g/mol. The number of rotatable bonds is 9. The summed E-state index contributed by atoms with van der Waals surface area (Å²) in [6, 6.07) is 7.36. The number of aliphatic hydroxyl groups is 1. The number of ether oxygens (including phenoxy) is 1. The zero-order valence-electron chi connectivity index (χ0n) is 13.9. The van der Waals surface area contributed by atoms with Crippen molar-refractivity contribution in [2.45, 2.75) is 19.1 Å². The van der Waals surface area contributed by atoms with Crippen molar-refractivity contribution in [1.29, 1.82) is 1.43 Å². The molecule has 0 aliphatic carbocycles. The van der Waals surface area contributed by atoms with Gasteiger partial charge in [0.05, 0.1) is 12.7 Å². The summed E-state index contributed by atoms with van der Waals surface area (Å²) in [5.41, 5.74) is 0.713. The summed E-state index contributed by atoms with van der Waals surface area (Å²) in [6.07, 6.45) is -0.842. The van der Waals surface area contributed by atoms with Crippen LogP contribution < -0.4 is 10.0 Å². The average molecular weight is 360 g/mol. The van der Waals surface area contributed by atoms with Crippen molar-refractivity contribution >= 4 is 27.8 Å². The Morgan fingerprint density at radius 1 is 1.29 bits per heavy atom. The second-order valence-electron chi connectivity index (χ2n) is 4.87. The van der Waals surface area contributed by atoms with E-state index in [0.29, 0.717) is 5.56 Å². The molecule has 0 aromatic heterocycles. The van der Waals surface area contributed by atoms with Crippen LogP contribution in [-0.4, -0.2) is 51.6 Å². The van der Waals surface area contributed by atoms with Crippen LogP contribution in [0.5, 0.6) is 0 Å². The second kappa shape index (κ2) is 8.99. The number of Topliss-reactive ketones (excluding diaryl/α,β-unsaturated/α-hetero) is 1. The molecule has 0 saturated carbocycles. The highest BCUT2D eigenvalue weighted by atomic mass is 32.2. The van der Waals surface area contributed by atoms with Crippen molar-refractivity contribution in [1.82, 2.24) is 10.0 Å². The van der Waals surface area contributed by atoms with Crippen molar-refractivity contribution in [2.75, 3.05) is 12.9 Å². The van der Waals surface area contributed by atoms with Gasteiger partial charge in [0.15, 0.2) is 5.78 Å². The Kier molecular flexibility index (Phi) is 6.70. The van der Waals surface area contributed by atoms with E-state index in [4.69, 9.17) is 6.17 Å². The quantitative estimate of drug-likeness (QED) is 0.529. The lowest BCUT2D eigenvalue weighted by molar-refractivity contribution is -0.127. The van der Waals surface area contributed by atoms with Gasteiger partial charge in [-0.05, 0) is 5.56 Å². The number of nitrogens with one attached hydrogen (secondary N) is 2. The fourth-order valence-electron chi connectivity index (χ4n) is 1.69. The number of hydrogen-bond acceptors (Lipinski definition) is 7. The van der Waals surface area contributed by atoms with Crippen molar-refractivity contribution in [3.8, 4) is 0 Å². The number of alkyl carbamates (subject to hydrolysis) is 1. The van der Waals surface area contributed by atoms with Crippen LogP contribution >= 0.6 is 0 Å². The number of carbonyl (C=O) groups excluding carboxylic acids is 3. The van der Waals surface area contributed by atoms with Gasteiger partial charge in [-0.2, -0.15) is 0 Å². The number of sulfonamides is 1. The first kappa shape index (κ1) is 17.9. The first-order valence-electron chi connectivity index (χ1n) is 7.20. The van der Waals surface area contributed by atoms with Crippen LogP contribution in [0.1, 0.15) is 12.0 Å². The maximum absolute atomic E-state index is 11.8. The summed E-state index contributed by atoms with van der Waals surface area (Å²) in [5, 5.41) is 6.10. The number of carbonyl (C=O) groups is 3. The molecule has 0 aliphatic heterocycles. The van der Waals surface area contributed by atoms with E-state index in [0.717, 1.165) is 6.26 Å². The van der Waals surface area contributed by atoms with E-state index in [1.165, 1.54) is 0 Å². The van der Waals surface area contributed by atoms with Crippen molar-refractivity contribution in [2.24, 2.45) is 0 Å². The van der Waals surface area contributed by atoms with Gasteiger partial charge in [0.25, 0.3) is 0 Å². The molecule has 2 amide bonds. The van der Waals surface area contributed by atoms with Gasteiger partial charge in [0, 0.05) is 0 Å². The van der Waals surface area contributed by atoms with Crippen molar-refractivity contribution in [3.05, 3.63) is 35.9 Å². The second-order valence-corrected chi connectivity index (χ2v) is 6.62. The third-order valence-corrected chi connectivity index (χ3v) is 3.32. The Morgan fingerprint density at radius 2 is 1.96 bits per heavy atom. The SMILES string of the molecule is [3H]OCC(=O)[C@H](CC(=O)NS(C)(=O)=O)NC(=O)OCc1ccccc1. The van der Waals surface area contributed by atoms with Gasteiger partial charge in [-0.15, -0.1) is 0 Å². The molecule has 0 spiro atoms. The molecule has 1 atom stereocenters. The Balaban J connectivity index is 2.64. The normalized spacial score (nSPS) is 12.6. The van der Waals surface area contributed by atoms with Crippen LogP contribution in [0, 0.1) is 0 Å². The molecule has 0 unspecified atom stereocenters. The first-order chi connectivity index (χ1) is 11.7. The molecule has 0 radical (unpaired) electrons. The molecule has 1 aromatic rings. The minimum atomic E-state index is -3.80. The van der Waals surface area contributed by atoms with Crippen LogP contribution in [0.2, 0.25) is 0 Å². The summed E-state index contributed by atoms with van der Waals surface area (Å²) in [6.45, 7) is -0.742. The number of benzene rings is 1. The lowest BCUT2D eigenvalue weighted by Gasteiger charge is -2.16. The Labute approximate surface area is 140 Å². The number of ketones is 1. The highest BCUT2D eigenvalue weighted by Crippen LogP contribution is 2.02. The largest absolute Gasteiger partial charge is 0.445 e. The topological polar surface area (TPSA) is 139 Å². The van der Waals surface area contributed by atoms with Gasteiger partial charge in [0.1, 0.15) is 19.3 Å². The van der Waals surface area contributed by atoms with E-state index < -0.39 is 46.9 Å². The van der Waals surface area contributed by atoms with Crippen LogP contribution in [-0.2, 0) is 31.0 Å². The minimum Gasteiger partial charge on any atom is -0.445 e. The molecular formula is C14H18N2O7S. The molecule has 0 saturated heterocycles. The van der Waals surface area contributed by atoms with E-state index in [2.05, 4.69) is 10.4 Å². The smallest absolute Gasteiger partial charge is 0.408 e. The van der Waals surface area contributed by atoms with E-state index in [1.807, 2.05) is 0 Å². The standard InChI is InChI=1S/C14H18N2O7S/c1-24(21,22)16-13(19)7-11(12(18)8-17)15-14(20)23-9-10-5-3-2-4-6-10/h2-6,11,17H,7-9H2,1H3,(H,15,20)(H,16,19)/t11-/m0/s1/i17T. The third kappa shape index (κ3) is 7.70. The summed E-state index contributed by atoms with van der Waals surface area (Å²) in [4.78, 5) is 35.2. The Morgan fingerprint density at radius 3 is 2.54 bits per heavy atom. The van der Waals surface area contributed by atoms with E-state index in [-0.39, 0.29) is 6.61 Å². The molecule has 1 rings (SSSR count). The Hall–Kier alpha value is -2.46. The van der Waals surface area contributed by atoms with Gasteiger partial charge in [0.2, 0.25) is 17.4 Å². The molecule has 0 bridgehead atoms.